The Morgan fingerprint density at radius 2 is 1.86 bits per heavy atom. The normalized spacial score (nSPS) is 13.1. The van der Waals surface area contributed by atoms with Gasteiger partial charge in [-0.05, 0) is 42.3 Å². The van der Waals surface area contributed by atoms with Crippen molar-refractivity contribution >= 4 is 28.5 Å². The van der Waals surface area contributed by atoms with Gasteiger partial charge in [0.25, 0.3) is 5.91 Å². The first-order valence-corrected chi connectivity index (χ1v) is 11.2. The van der Waals surface area contributed by atoms with Gasteiger partial charge in [-0.1, -0.05) is 30.3 Å². The van der Waals surface area contributed by atoms with Crippen molar-refractivity contribution in [2.45, 2.75) is 19.0 Å². The van der Waals surface area contributed by atoms with Crippen molar-refractivity contribution in [1.29, 1.82) is 0 Å². The van der Waals surface area contributed by atoms with Crippen LogP contribution in [0.2, 0.25) is 0 Å². The largest absolute Gasteiger partial charge is 0.461 e. The average molecular weight is 480 g/mol. The highest BCUT2D eigenvalue weighted by atomic mass is 16.3. The minimum absolute atomic E-state index is 0.108. The average Bonchev–Trinajstić information content (AvgIpc) is 3.67. The maximum atomic E-state index is 13.8. The van der Waals surface area contributed by atoms with E-state index in [1.54, 1.807) is 48.6 Å². The molecule has 6 rings (SSSR count). The zero-order valence-electron chi connectivity index (χ0n) is 19.2. The van der Waals surface area contributed by atoms with Crippen molar-refractivity contribution < 1.29 is 9.21 Å². The van der Waals surface area contributed by atoms with E-state index < -0.39 is 5.54 Å². The van der Waals surface area contributed by atoms with Crippen LogP contribution >= 0.6 is 0 Å². The molecule has 11 nitrogen and oxygen atoms in total. The third kappa shape index (κ3) is 3.36. The number of anilines is 1. The Hall–Kier alpha value is -5.06. The standard InChI is InChI=1S/C25H21N9O2/c1-25(17-6-3-2-4-7-17,23(35)28-14-16-9-11-27-12-10-16)34-22-18(15-29-34)21-30-20(19-8-5-13-36-19)32-33(21)24(26)31-22/h2-13,15H,14H2,1H3,(H2,26,31)(H,28,35). The van der Waals surface area contributed by atoms with Gasteiger partial charge >= 0.3 is 0 Å². The molecule has 1 unspecified atom stereocenters. The Bertz CT molecular complexity index is 1680. The molecule has 0 spiro atoms. The molecule has 178 valence electrons. The van der Waals surface area contributed by atoms with Gasteiger partial charge in [0.1, 0.15) is 0 Å². The molecule has 0 saturated carbocycles. The first kappa shape index (κ1) is 21.5. The molecule has 36 heavy (non-hydrogen) atoms. The number of carbonyl (C=O) groups excluding carboxylic acids is 1. The van der Waals surface area contributed by atoms with E-state index in [9.17, 15) is 4.79 Å². The van der Waals surface area contributed by atoms with E-state index in [-0.39, 0.29) is 11.9 Å². The van der Waals surface area contributed by atoms with Crippen molar-refractivity contribution in [2.75, 3.05) is 5.73 Å². The van der Waals surface area contributed by atoms with Gasteiger partial charge in [0.2, 0.25) is 11.8 Å². The van der Waals surface area contributed by atoms with E-state index in [0.717, 1.165) is 11.1 Å². The molecule has 6 aromatic rings. The van der Waals surface area contributed by atoms with Crippen LogP contribution in [0, 0.1) is 0 Å². The molecule has 0 aliphatic rings. The Kier molecular flexibility index (Phi) is 4.95. The van der Waals surface area contributed by atoms with E-state index in [1.165, 1.54) is 4.52 Å². The van der Waals surface area contributed by atoms with Gasteiger partial charge in [-0.3, -0.25) is 9.78 Å². The SMILES string of the molecule is CC(C(=O)NCc1ccncc1)(c1ccccc1)n1ncc2c1nc(N)n1nc(-c3ccco3)nc21. The van der Waals surface area contributed by atoms with Crippen LogP contribution in [0.1, 0.15) is 18.1 Å². The third-order valence-electron chi connectivity index (χ3n) is 6.17. The second kappa shape index (κ2) is 8.31. The summed E-state index contributed by atoms with van der Waals surface area (Å²) in [5.41, 5.74) is 7.57. The molecule has 1 atom stereocenters. The van der Waals surface area contributed by atoms with Gasteiger partial charge in [0.15, 0.2) is 22.6 Å². The van der Waals surface area contributed by atoms with Crippen molar-refractivity contribution in [3.8, 4) is 11.6 Å². The molecule has 1 aromatic carbocycles. The zero-order valence-corrected chi connectivity index (χ0v) is 19.2. The van der Waals surface area contributed by atoms with Crippen LogP contribution in [0.15, 0.2) is 83.9 Å². The lowest BCUT2D eigenvalue weighted by molar-refractivity contribution is -0.127. The fraction of sp³-hybridized carbons (Fsp3) is 0.120. The predicted octanol–water partition coefficient (Wildman–Crippen LogP) is 2.79. The maximum absolute atomic E-state index is 13.8. The van der Waals surface area contributed by atoms with Gasteiger partial charge in [0.05, 0.1) is 17.8 Å². The highest BCUT2D eigenvalue weighted by Gasteiger charge is 2.40. The summed E-state index contributed by atoms with van der Waals surface area (Å²) in [4.78, 5) is 27.0. The minimum atomic E-state index is -1.24. The molecule has 0 bridgehead atoms. The van der Waals surface area contributed by atoms with Crippen LogP contribution in [0.3, 0.4) is 0 Å². The van der Waals surface area contributed by atoms with Crippen molar-refractivity contribution in [2.24, 2.45) is 0 Å². The van der Waals surface area contributed by atoms with Crippen molar-refractivity contribution in [3.05, 3.63) is 90.6 Å². The van der Waals surface area contributed by atoms with Crippen LogP contribution in [0.4, 0.5) is 5.95 Å². The van der Waals surface area contributed by atoms with E-state index in [1.807, 2.05) is 42.5 Å². The number of nitrogen functional groups attached to an aromatic ring is 1. The number of benzene rings is 1. The number of aromatic nitrogens is 7. The molecule has 5 heterocycles. The first-order valence-electron chi connectivity index (χ1n) is 11.2. The number of fused-ring (bicyclic) bond motifs is 3. The van der Waals surface area contributed by atoms with E-state index in [4.69, 9.17) is 10.2 Å². The molecule has 0 fully saturated rings. The number of pyridine rings is 1. The Morgan fingerprint density at radius 1 is 1.06 bits per heavy atom. The van der Waals surface area contributed by atoms with E-state index in [0.29, 0.717) is 34.8 Å². The second-order valence-corrected chi connectivity index (χ2v) is 8.39. The van der Waals surface area contributed by atoms with E-state index in [2.05, 4.69) is 30.5 Å². The molecule has 0 radical (unpaired) electrons. The summed E-state index contributed by atoms with van der Waals surface area (Å²) in [5.74, 6) is 0.726. The maximum Gasteiger partial charge on any atom is 0.252 e. The van der Waals surface area contributed by atoms with Gasteiger partial charge in [0, 0.05) is 18.9 Å². The molecule has 0 saturated heterocycles. The fourth-order valence-electron chi connectivity index (χ4n) is 4.21. The van der Waals surface area contributed by atoms with Crippen LogP contribution < -0.4 is 11.1 Å². The summed E-state index contributed by atoms with van der Waals surface area (Å²) in [6, 6.07) is 16.6. The number of rotatable bonds is 6. The summed E-state index contributed by atoms with van der Waals surface area (Å²) < 4.78 is 8.46. The smallest absolute Gasteiger partial charge is 0.252 e. The number of carbonyl (C=O) groups is 1. The second-order valence-electron chi connectivity index (χ2n) is 8.39. The van der Waals surface area contributed by atoms with E-state index >= 15 is 0 Å². The molecule has 0 aliphatic heterocycles. The fourth-order valence-corrected chi connectivity index (χ4v) is 4.21. The molecule has 3 N–H and O–H groups in total. The summed E-state index contributed by atoms with van der Waals surface area (Å²) in [7, 11) is 0. The Balaban J connectivity index is 1.49. The predicted molar refractivity (Wildman–Crippen MR) is 131 cm³/mol. The Labute approximate surface area is 204 Å². The molecular formula is C25H21N9O2. The van der Waals surface area contributed by atoms with Crippen LogP contribution in [-0.4, -0.2) is 40.3 Å². The van der Waals surface area contributed by atoms with Crippen molar-refractivity contribution in [1.82, 2.24) is 39.7 Å². The molecule has 11 heteroatoms. The number of hydrogen-bond acceptors (Lipinski definition) is 8. The van der Waals surface area contributed by atoms with Crippen molar-refractivity contribution in [3.63, 3.8) is 0 Å². The third-order valence-corrected chi connectivity index (χ3v) is 6.17. The topological polar surface area (TPSA) is 142 Å². The van der Waals surface area contributed by atoms with Gasteiger partial charge < -0.3 is 15.5 Å². The summed E-state index contributed by atoms with van der Waals surface area (Å²) in [6.45, 7) is 2.14. The van der Waals surface area contributed by atoms with Gasteiger partial charge in [-0.15, -0.1) is 5.10 Å². The van der Waals surface area contributed by atoms with Crippen LogP contribution in [-0.2, 0) is 16.9 Å². The lowest BCUT2D eigenvalue weighted by atomic mass is 9.91. The highest BCUT2D eigenvalue weighted by Crippen LogP contribution is 2.31. The number of nitrogens with zero attached hydrogens (tertiary/aromatic N) is 7. The minimum Gasteiger partial charge on any atom is -0.461 e. The van der Waals surface area contributed by atoms with Gasteiger partial charge in [-0.2, -0.15) is 14.6 Å². The molecule has 5 aromatic heterocycles. The summed E-state index contributed by atoms with van der Waals surface area (Å²) in [6.07, 6.45) is 6.54. The lowest BCUT2D eigenvalue weighted by Gasteiger charge is -2.30. The highest BCUT2D eigenvalue weighted by molar-refractivity contribution is 5.94. The summed E-state index contributed by atoms with van der Waals surface area (Å²) >= 11 is 0. The zero-order chi connectivity index (χ0) is 24.7. The van der Waals surface area contributed by atoms with Gasteiger partial charge in [-0.25, -0.2) is 9.67 Å². The number of hydrogen-bond donors (Lipinski definition) is 2. The van der Waals surface area contributed by atoms with Crippen LogP contribution in [0.25, 0.3) is 28.3 Å². The molecule has 0 aliphatic carbocycles. The number of nitrogens with two attached hydrogens (primary N) is 1. The first-order chi connectivity index (χ1) is 17.6. The summed E-state index contributed by atoms with van der Waals surface area (Å²) in [5, 5.41) is 12.7. The molecule has 1 amide bonds. The van der Waals surface area contributed by atoms with Crippen LogP contribution in [0.5, 0.6) is 0 Å². The number of nitrogens with one attached hydrogen (secondary N) is 1. The monoisotopic (exact) mass is 479 g/mol. The molecular weight excluding hydrogens is 458 g/mol. The number of amides is 1. The lowest BCUT2D eigenvalue weighted by Crippen LogP contribution is -2.48. The Morgan fingerprint density at radius 3 is 2.61 bits per heavy atom. The number of furan rings is 1. The quantitative estimate of drug-likeness (QED) is 0.371.